The second kappa shape index (κ2) is 5.91. The van der Waals surface area contributed by atoms with Crippen LogP contribution in [0.4, 0.5) is 0 Å². The van der Waals surface area contributed by atoms with Gasteiger partial charge < -0.3 is 14.8 Å². The topological polar surface area (TPSA) is 43.4 Å². The highest BCUT2D eigenvalue weighted by atomic mass is 32.1. The van der Waals surface area contributed by atoms with Crippen LogP contribution in [-0.2, 0) is 22.4 Å². The van der Waals surface area contributed by atoms with Crippen molar-refractivity contribution in [3.05, 3.63) is 15.6 Å². The SMILES string of the molecule is COCCNCc1nc2c(s1)C(C)OC(C)C2. The third-order valence-corrected chi connectivity index (χ3v) is 4.08. The summed E-state index contributed by atoms with van der Waals surface area (Å²) in [5, 5.41) is 4.47. The molecule has 1 aromatic heterocycles. The lowest BCUT2D eigenvalue weighted by molar-refractivity contribution is -0.00318. The molecule has 0 saturated carbocycles. The fraction of sp³-hybridized carbons (Fsp3) is 0.750. The molecule has 2 unspecified atom stereocenters. The van der Waals surface area contributed by atoms with Gasteiger partial charge in [0.2, 0.25) is 0 Å². The molecule has 0 spiro atoms. The van der Waals surface area contributed by atoms with Crippen molar-refractivity contribution in [1.29, 1.82) is 0 Å². The summed E-state index contributed by atoms with van der Waals surface area (Å²) in [6.07, 6.45) is 1.42. The van der Waals surface area contributed by atoms with E-state index in [4.69, 9.17) is 9.47 Å². The molecule has 0 saturated heterocycles. The summed E-state index contributed by atoms with van der Waals surface area (Å²) >= 11 is 1.76. The summed E-state index contributed by atoms with van der Waals surface area (Å²) in [5.41, 5.74) is 1.23. The third kappa shape index (κ3) is 3.25. The van der Waals surface area contributed by atoms with Gasteiger partial charge in [0.1, 0.15) is 5.01 Å². The Morgan fingerprint density at radius 1 is 1.53 bits per heavy atom. The first-order valence-corrected chi connectivity index (χ1v) is 6.86. The fourth-order valence-corrected chi connectivity index (χ4v) is 3.11. The van der Waals surface area contributed by atoms with E-state index in [0.29, 0.717) is 0 Å². The molecule has 5 heteroatoms. The van der Waals surface area contributed by atoms with Gasteiger partial charge in [-0.1, -0.05) is 0 Å². The Hall–Kier alpha value is -0.490. The molecule has 1 N–H and O–H groups in total. The zero-order valence-corrected chi connectivity index (χ0v) is 11.5. The molecule has 0 fully saturated rings. The zero-order chi connectivity index (χ0) is 12.3. The van der Waals surface area contributed by atoms with Crippen LogP contribution in [0.5, 0.6) is 0 Å². The Balaban J connectivity index is 1.95. The van der Waals surface area contributed by atoms with Crippen LogP contribution in [0.3, 0.4) is 0 Å². The number of hydrogen-bond acceptors (Lipinski definition) is 5. The quantitative estimate of drug-likeness (QED) is 0.817. The normalized spacial score (nSPS) is 23.7. The van der Waals surface area contributed by atoms with Gasteiger partial charge in [-0.15, -0.1) is 11.3 Å². The number of ether oxygens (including phenoxy) is 2. The van der Waals surface area contributed by atoms with E-state index >= 15 is 0 Å². The van der Waals surface area contributed by atoms with Crippen molar-refractivity contribution in [3.8, 4) is 0 Å². The van der Waals surface area contributed by atoms with Gasteiger partial charge in [0.05, 0.1) is 29.4 Å². The van der Waals surface area contributed by atoms with Gasteiger partial charge in [-0.25, -0.2) is 4.98 Å². The summed E-state index contributed by atoms with van der Waals surface area (Å²) < 4.78 is 10.8. The van der Waals surface area contributed by atoms with Crippen molar-refractivity contribution in [2.24, 2.45) is 0 Å². The molecule has 0 bridgehead atoms. The molecule has 2 rings (SSSR count). The van der Waals surface area contributed by atoms with Crippen molar-refractivity contribution in [2.45, 2.75) is 39.0 Å². The van der Waals surface area contributed by atoms with E-state index in [-0.39, 0.29) is 12.2 Å². The predicted molar refractivity (Wildman–Crippen MR) is 68.4 cm³/mol. The Morgan fingerprint density at radius 3 is 3.12 bits per heavy atom. The monoisotopic (exact) mass is 256 g/mol. The molecule has 0 aliphatic carbocycles. The van der Waals surface area contributed by atoms with E-state index in [0.717, 1.165) is 31.1 Å². The first-order chi connectivity index (χ1) is 8.20. The minimum atomic E-state index is 0.193. The number of aromatic nitrogens is 1. The van der Waals surface area contributed by atoms with Crippen LogP contribution in [0.1, 0.15) is 35.5 Å². The lowest BCUT2D eigenvalue weighted by Crippen LogP contribution is -2.21. The van der Waals surface area contributed by atoms with Gasteiger partial charge in [-0.05, 0) is 13.8 Å². The first-order valence-electron chi connectivity index (χ1n) is 6.04. The minimum Gasteiger partial charge on any atom is -0.383 e. The molecule has 96 valence electrons. The molecule has 2 heterocycles. The lowest BCUT2D eigenvalue weighted by Gasteiger charge is -2.23. The van der Waals surface area contributed by atoms with Crippen LogP contribution in [0.25, 0.3) is 0 Å². The molecule has 0 amide bonds. The predicted octanol–water partition coefficient (Wildman–Crippen LogP) is 1.90. The van der Waals surface area contributed by atoms with Gasteiger partial charge in [-0.2, -0.15) is 0 Å². The van der Waals surface area contributed by atoms with E-state index in [1.54, 1.807) is 18.4 Å². The van der Waals surface area contributed by atoms with Gasteiger partial charge >= 0.3 is 0 Å². The van der Waals surface area contributed by atoms with Crippen LogP contribution >= 0.6 is 11.3 Å². The molecule has 0 radical (unpaired) electrons. The molecule has 0 aromatic carbocycles. The Morgan fingerprint density at radius 2 is 2.35 bits per heavy atom. The van der Waals surface area contributed by atoms with Crippen LogP contribution in [0, 0.1) is 0 Å². The average molecular weight is 256 g/mol. The van der Waals surface area contributed by atoms with E-state index in [9.17, 15) is 0 Å². The van der Waals surface area contributed by atoms with Crippen molar-refractivity contribution in [1.82, 2.24) is 10.3 Å². The molecule has 17 heavy (non-hydrogen) atoms. The summed E-state index contributed by atoms with van der Waals surface area (Å²) in [7, 11) is 1.71. The van der Waals surface area contributed by atoms with E-state index < -0.39 is 0 Å². The summed E-state index contributed by atoms with van der Waals surface area (Å²) in [6, 6.07) is 0. The molecule has 1 aromatic rings. The molecule has 1 aliphatic heterocycles. The number of fused-ring (bicyclic) bond motifs is 1. The Bertz CT molecular complexity index is 367. The summed E-state index contributed by atoms with van der Waals surface area (Å²) in [5.74, 6) is 0. The lowest BCUT2D eigenvalue weighted by atomic mass is 10.1. The smallest absolute Gasteiger partial charge is 0.107 e. The maximum absolute atomic E-state index is 5.80. The number of nitrogens with zero attached hydrogens (tertiary/aromatic N) is 1. The Labute approximate surface area is 106 Å². The maximum atomic E-state index is 5.80. The van der Waals surface area contributed by atoms with Crippen LogP contribution in [0.2, 0.25) is 0 Å². The van der Waals surface area contributed by atoms with E-state index in [1.165, 1.54) is 10.6 Å². The van der Waals surface area contributed by atoms with Gasteiger partial charge in [0, 0.05) is 26.6 Å². The van der Waals surface area contributed by atoms with Crippen LogP contribution in [0.15, 0.2) is 0 Å². The van der Waals surface area contributed by atoms with Crippen LogP contribution < -0.4 is 5.32 Å². The summed E-state index contributed by atoms with van der Waals surface area (Å²) in [6.45, 7) is 6.64. The van der Waals surface area contributed by atoms with E-state index in [1.807, 2.05) is 0 Å². The fourth-order valence-electron chi connectivity index (χ4n) is 2.05. The molecular formula is C12H20N2O2S. The highest BCUT2D eigenvalue weighted by Gasteiger charge is 2.25. The van der Waals surface area contributed by atoms with Gasteiger partial charge in [-0.3, -0.25) is 0 Å². The van der Waals surface area contributed by atoms with Crippen LogP contribution in [-0.4, -0.2) is 31.3 Å². The highest BCUT2D eigenvalue weighted by molar-refractivity contribution is 7.11. The minimum absolute atomic E-state index is 0.193. The van der Waals surface area contributed by atoms with Crippen molar-refractivity contribution in [3.63, 3.8) is 0 Å². The Kier molecular flexibility index (Phi) is 4.50. The number of thiazole rings is 1. The summed E-state index contributed by atoms with van der Waals surface area (Å²) in [4.78, 5) is 5.98. The molecule has 4 nitrogen and oxygen atoms in total. The number of hydrogen-bond donors (Lipinski definition) is 1. The second-order valence-corrected chi connectivity index (χ2v) is 5.50. The number of methoxy groups -OCH3 is 1. The third-order valence-electron chi connectivity index (χ3n) is 2.82. The highest BCUT2D eigenvalue weighted by Crippen LogP contribution is 2.34. The maximum Gasteiger partial charge on any atom is 0.107 e. The van der Waals surface area contributed by atoms with Gasteiger partial charge in [0.15, 0.2) is 0 Å². The first kappa shape index (κ1) is 13.0. The average Bonchev–Trinajstić information content (AvgIpc) is 2.67. The second-order valence-electron chi connectivity index (χ2n) is 4.38. The van der Waals surface area contributed by atoms with Crippen molar-refractivity contribution < 1.29 is 9.47 Å². The number of rotatable bonds is 5. The zero-order valence-electron chi connectivity index (χ0n) is 10.7. The standard InChI is InChI=1S/C12H20N2O2S/c1-8-6-10-12(9(2)16-8)17-11(14-10)7-13-4-5-15-3/h8-9,13H,4-7H2,1-3H3. The largest absolute Gasteiger partial charge is 0.383 e. The van der Waals surface area contributed by atoms with E-state index in [2.05, 4.69) is 24.1 Å². The van der Waals surface area contributed by atoms with Gasteiger partial charge in [0.25, 0.3) is 0 Å². The molecule has 2 atom stereocenters. The molecule has 1 aliphatic rings. The van der Waals surface area contributed by atoms with Crippen molar-refractivity contribution in [2.75, 3.05) is 20.3 Å². The van der Waals surface area contributed by atoms with Crippen molar-refractivity contribution >= 4 is 11.3 Å². The molecular weight excluding hydrogens is 236 g/mol. The number of nitrogens with one attached hydrogen (secondary N) is 1.